The molecule has 0 aromatic heterocycles. The minimum atomic E-state index is 0.130. The predicted molar refractivity (Wildman–Crippen MR) is 137 cm³/mol. The normalized spacial score (nSPS) is 19.9. The summed E-state index contributed by atoms with van der Waals surface area (Å²) in [5, 5.41) is 27.7. The number of aliphatic hydroxyl groups is 2. The van der Waals surface area contributed by atoms with Gasteiger partial charge < -0.3 is 20.8 Å². The lowest BCUT2D eigenvalue weighted by molar-refractivity contribution is 0.190. The van der Waals surface area contributed by atoms with Crippen LogP contribution in [0.25, 0.3) is 10.4 Å². The topological polar surface area (TPSA) is 113 Å². The molecule has 3 aliphatic rings. The average Bonchev–Trinajstić information content (AvgIpc) is 2.87. The van der Waals surface area contributed by atoms with Crippen LogP contribution in [0.3, 0.4) is 0 Å². The van der Waals surface area contributed by atoms with Gasteiger partial charge >= 0.3 is 0 Å². The number of nitrogens with zero attached hydrogens (tertiary/aromatic N) is 3. The molecule has 3 saturated carbocycles. The van der Waals surface area contributed by atoms with Gasteiger partial charge in [-0.2, -0.15) is 0 Å². The molecule has 0 saturated heterocycles. The van der Waals surface area contributed by atoms with E-state index >= 15 is 0 Å². The monoisotopic (exact) mass is 469 g/mol. The zero-order chi connectivity index (χ0) is 23.3. The highest BCUT2D eigenvalue weighted by molar-refractivity contribution is 7.80. The van der Waals surface area contributed by atoms with Crippen molar-refractivity contribution in [2.45, 2.75) is 96.3 Å². The van der Waals surface area contributed by atoms with Gasteiger partial charge in [0.1, 0.15) is 0 Å². The van der Waals surface area contributed by atoms with E-state index in [-0.39, 0.29) is 6.61 Å². The first kappa shape index (κ1) is 29.0. The number of rotatable bonds is 7. The van der Waals surface area contributed by atoms with Crippen LogP contribution in [0, 0.1) is 17.8 Å². The molecule has 186 valence electrons. The largest absolute Gasteiger partial charge is 0.396 e. The highest BCUT2D eigenvalue weighted by Gasteiger charge is 2.13. The van der Waals surface area contributed by atoms with Gasteiger partial charge in [-0.3, -0.25) is 0 Å². The van der Waals surface area contributed by atoms with E-state index in [2.05, 4.69) is 20.7 Å². The quantitative estimate of drug-likeness (QED) is 0.171. The minimum absolute atomic E-state index is 0.130. The van der Waals surface area contributed by atoms with Gasteiger partial charge in [0.25, 0.3) is 0 Å². The van der Waals surface area contributed by atoms with E-state index in [0.717, 1.165) is 19.0 Å². The fourth-order valence-corrected chi connectivity index (χ4v) is 4.94. The Labute approximate surface area is 200 Å². The third-order valence-electron chi connectivity index (χ3n) is 6.78. The zero-order valence-electron chi connectivity index (χ0n) is 20.0. The second kappa shape index (κ2) is 20.5. The molecule has 4 N–H and O–H groups in total. The number of thiocarbonyl (C=S) groups is 1. The lowest BCUT2D eigenvalue weighted by Gasteiger charge is -2.22. The van der Waals surface area contributed by atoms with E-state index in [1.165, 1.54) is 96.3 Å². The van der Waals surface area contributed by atoms with Gasteiger partial charge in [0.05, 0.1) is 6.61 Å². The zero-order valence-corrected chi connectivity index (χ0v) is 20.8. The number of hydrogen-bond donors (Lipinski definition) is 4. The SMILES string of the molecule is OCC1CCCCC1.OCCNC(=S)NCC1CCCCC1.[N-]=[N+]=NCC1CCCCC1. The Hall–Kier alpha value is -1.08. The molecule has 7 nitrogen and oxygen atoms in total. The van der Waals surface area contributed by atoms with Crippen LogP contribution in [0.5, 0.6) is 0 Å². The molecule has 0 aliphatic heterocycles. The summed E-state index contributed by atoms with van der Waals surface area (Å²) in [6, 6.07) is 0. The van der Waals surface area contributed by atoms with Crippen LogP contribution in [-0.2, 0) is 0 Å². The average molecular weight is 470 g/mol. The van der Waals surface area contributed by atoms with E-state index in [1.807, 2.05) is 0 Å². The van der Waals surface area contributed by atoms with Crippen molar-refractivity contribution in [3.05, 3.63) is 10.4 Å². The summed E-state index contributed by atoms with van der Waals surface area (Å²) in [5.74, 6) is 2.12. The molecular weight excluding hydrogens is 422 g/mol. The summed E-state index contributed by atoms with van der Waals surface area (Å²) in [6.07, 6.45) is 19.9. The molecule has 3 fully saturated rings. The van der Waals surface area contributed by atoms with E-state index in [9.17, 15) is 0 Å². The Morgan fingerprint density at radius 2 is 1.28 bits per heavy atom. The Balaban J connectivity index is 0.000000251. The molecule has 0 aromatic carbocycles. The first-order chi connectivity index (χ1) is 15.7. The van der Waals surface area contributed by atoms with Crippen molar-refractivity contribution >= 4 is 17.3 Å². The minimum Gasteiger partial charge on any atom is -0.396 e. The van der Waals surface area contributed by atoms with Gasteiger partial charge in [-0.05, 0) is 61.2 Å². The lowest BCUT2D eigenvalue weighted by atomic mass is 9.89. The number of aliphatic hydroxyl groups excluding tert-OH is 2. The predicted octanol–water partition coefficient (Wildman–Crippen LogP) is 5.46. The van der Waals surface area contributed by atoms with Crippen LogP contribution in [0.1, 0.15) is 96.3 Å². The maximum absolute atomic E-state index is 8.69. The van der Waals surface area contributed by atoms with E-state index in [4.69, 9.17) is 28.0 Å². The first-order valence-corrected chi connectivity index (χ1v) is 13.3. The molecule has 32 heavy (non-hydrogen) atoms. The number of nitrogens with one attached hydrogen (secondary N) is 2. The first-order valence-electron chi connectivity index (χ1n) is 12.9. The Morgan fingerprint density at radius 1 is 0.781 bits per heavy atom. The highest BCUT2D eigenvalue weighted by atomic mass is 32.1. The Kier molecular flexibility index (Phi) is 18.6. The van der Waals surface area contributed by atoms with Crippen LogP contribution in [0.2, 0.25) is 0 Å². The van der Waals surface area contributed by atoms with Crippen molar-refractivity contribution in [2.75, 3.05) is 32.8 Å². The fraction of sp³-hybridized carbons (Fsp3) is 0.958. The lowest BCUT2D eigenvalue weighted by Crippen LogP contribution is -2.39. The van der Waals surface area contributed by atoms with Crippen LogP contribution in [0.4, 0.5) is 0 Å². The highest BCUT2D eigenvalue weighted by Crippen LogP contribution is 2.24. The number of azide groups is 1. The van der Waals surface area contributed by atoms with Crippen molar-refractivity contribution in [3.63, 3.8) is 0 Å². The van der Waals surface area contributed by atoms with Crippen LogP contribution in [-0.4, -0.2) is 48.2 Å². The Bertz CT molecular complexity index is 499. The molecule has 0 bridgehead atoms. The maximum Gasteiger partial charge on any atom is 0.166 e. The standard InChI is InChI=1S/C10H20N2OS.C7H13N3.C7H14O/c13-7-6-11-10(14)12-8-9-4-2-1-3-5-9;8-10-9-6-7-4-2-1-3-5-7;8-6-7-4-2-1-3-5-7/h9,13H,1-8H2,(H2,11,12,14);7H,1-6H2;7-8H,1-6H2. The van der Waals surface area contributed by atoms with Crippen molar-refractivity contribution in [1.82, 2.24) is 10.6 Å². The smallest absolute Gasteiger partial charge is 0.166 e. The molecule has 0 spiro atoms. The summed E-state index contributed by atoms with van der Waals surface area (Å²) in [6.45, 7) is 2.79. The van der Waals surface area contributed by atoms with Crippen molar-refractivity contribution in [3.8, 4) is 0 Å². The second-order valence-corrected chi connectivity index (χ2v) is 9.88. The van der Waals surface area contributed by atoms with Crippen molar-refractivity contribution < 1.29 is 10.2 Å². The molecule has 3 rings (SSSR count). The third kappa shape index (κ3) is 15.7. The van der Waals surface area contributed by atoms with Gasteiger partial charge in [0, 0.05) is 31.2 Å². The second-order valence-electron chi connectivity index (χ2n) is 9.47. The fourth-order valence-electron chi connectivity index (χ4n) is 4.75. The molecule has 3 aliphatic carbocycles. The molecule has 0 aromatic rings. The van der Waals surface area contributed by atoms with Crippen LogP contribution in [0.15, 0.2) is 5.11 Å². The van der Waals surface area contributed by atoms with Gasteiger partial charge in [-0.25, -0.2) is 0 Å². The van der Waals surface area contributed by atoms with Gasteiger partial charge in [-0.1, -0.05) is 75.7 Å². The molecule has 0 heterocycles. The van der Waals surface area contributed by atoms with Crippen LogP contribution < -0.4 is 10.6 Å². The third-order valence-corrected chi connectivity index (χ3v) is 7.07. The summed E-state index contributed by atoms with van der Waals surface area (Å²) in [7, 11) is 0. The maximum atomic E-state index is 8.69. The summed E-state index contributed by atoms with van der Waals surface area (Å²) < 4.78 is 0. The van der Waals surface area contributed by atoms with Gasteiger partial charge in [0.2, 0.25) is 0 Å². The summed E-state index contributed by atoms with van der Waals surface area (Å²) >= 11 is 5.05. The van der Waals surface area contributed by atoms with E-state index in [1.54, 1.807) is 0 Å². The van der Waals surface area contributed by atoms with Crippen LogP contribution >= 0.6 is 12.2 Å². The molecule has 0 amide bonds. The molecule has 0 unspecified atom stereocenters. The van der Waals surface area contributed by atoms with Crippen molar-refractivity contribution in [1.29, 1.82) is 0 Å². The van der Waals surface area contributed by atoms with Gasteiger partial charge in [0.15, 0.2) is 5.11 Å². The molecule has 0 atom stereocenters. The Morgan fingerprint density at radius 3 is 1.72 bits per heavy atom. The van der Waals surface area contributed by atoms with E-state index < -0.39 is 0 Å². The molecular formula is C24H47N5O2S. The van der Waals surface area contributed by atoms with Gasteiger partial charge in [-0.15, -0.1) is 0 Å². The van der Waals surface area contributed by atoms with E-state index in [0.29, 0.717) is 30.1 Å². The molecule has 8 heteroatoms. The van der Waals surface area contributed by atoms with Crippen molar-refractivity contribution in [2.24, 2.45) is 22.9 Å². The summed E-state index contributed by atoms with van der Waals surface area (Å²) in [4.78, 5) is 2.75. The summed E-state index contributed by atoms with van der Waals surface area (Å²) in [5.41, 5.74) is 8.06. The number of hydrogen-bond acceptors (Lipinski definition) is 4. The molecule has 0 radical (unpaired) electrons.